The summed E-state index contributed by atoms with van der Waals surface area (Å²) in [4.78, 5) is 23.5. The highest BCUT2D eigenvalue weighted by Crippen LogP contribution is 2.32. The minimum absolute atomic E-state index is 0.128. The Kier molecular flexibility index (Phi) is 8.98. The van der Waals surface area contributed by atoms with E-state index < -0.39 is 0 Å². The van der Waals surface area contributed by atoms with Gasteiger partial charge in [0.1, 0.15) is 11.6 Å². The highest BCUT2D eigenvalue weighted by atomic mass is 16.5. The first-order valence-electron chi connectivity index (χ1n) is 10.6. The van der Waals surface area contributed by atoms with Crippen molar-refractivity contribution in [3.63, 3.8) is 0 Å². The lowest BCUT2D eigenvalue weighted by Crippen LogP contribution is -2.25. The number of aromatic nitrogens is 1. The van der Waals surface area contributed by atoms with Gasteiger partial charge in [-0.25, -0.2) is 0 Å². The molecule has 0 aliphatic heterocycles. The number of amides is 1. The summed E-state index contributed by atoms with van der Waals surface area (Å²) in [7, 11) is 1.38. The molecule has 1 aliphatic rings. The number of ether oxygens (including phenoxy) is 1. The summed E-state index contributed by atoms with van der Waals surface area (Å²) in [5.74, 6) is -0.558. The van der Waals surface area contributed by atoms with Gasteiger partial charge >= 0.3 is 5.97 Å². The number of unbranched alkanes of at least 4 members (excludes halogenated alkanes) is 2. The molecule has 6 nitrogen and oxygen atoms in total. The second-order valence-electron chi connectivity index (χ2n) is 7.80. The molecular weight excluding hydrogens is 366 g/mol. The van der Waals surface area contributed by atoms with Gasteiger partial charge in [0, 0.05) is 30.4 Å². The molecule has 1 saturated carbocycles. The van der Waals surface area contributed by atoms with Crippen molar-refractivity contribution in [3.05, 3.63) is 28.6 Å². The van der Waals surface area contributed by atoms with Crippen LogP contribution in [0.15, 0.2) is 11.6 Å². The van der Waals surface area contributed by atoms with Gasteiger partial charge in [0.25, 0.3) is 5.91 Å². The molecule has 1 heterocycles. The monoisotopic (exact) mass is 399 g/mol. The maximum atomic E-state index is 12.4. The number of nitrogens with zero attached hydrogens (tertiary/aromatic N) is 2. The summed E-state index contributed by atoms with van der Waals surface area (Å²) in [5.41, 5.74) is 3.38. The van der Waals surface area contributed by atoms with E-state index in [-0.39, 0.29) is 17.4 Å². The van der Waals surface area contributed by atoms with Crippen LogP contribution in [0.2, 0.25) is 0 Å². The van der Waals surface area contributed by atoms with E-state index in [1.54, 1.807) is 6.08 Å². The van der Waals surface area contributed by atoms with E-state index in [0.29, 0.717) is 19.0 Å². The minimum Gasteiger partial charge on any atom is -0.469 e. The van der Waals surface area contributed by atoms with Crippen molar-refractivity contribution in [2.45, 2.75) is 77.7 Å². The van der Waals surface area contributed by atoms with Crippen molar-refractivity contribution in [2.24, 2.45) is 0 Å². The lowest BCUT2D eigenvalue weighted by atomic mass is 9.95. The highest BCUT2D eigenvalue weighted by molar-refractivity contribution is 6.01. The molecule has 0 saturated heterocycles. The second-order valence-corrected chi connectivity index (χ2v) is 7.80. The summed E-state index contributed by atoms with van der Waals surface area (Å²) in [5, 5.41) is 12.3. The molecule has 2 rings (SSSR count). The van der Waals surface area contributed by atoms with Gasteiger partial charge in [0.05, 0.1) is 7.11 Å². The first-order chi connectivity index (χ1) is 14.0. The maximum absolute atomic E-state index is 12.4. The quantitative estimate of drug-likeness (QED) is 0.289. The topological polar surface area (TPSA) is 84.1 Å². The second kappa shape index (κ2) is 11.5. The first-order valence-corrected chi connectivity index (χ1v) is 10.6. The molecule has 6 heteroatoms. The summed E-state index contributed by atoms with van der Waals surface area (Å²) < 4.78 is 6.98. The highest BCUT2D eigenvalue weighted by Gasteiger charge is 2.20. The fourth-order valence-electron chi connectivity index (χ4n) is 4.12. The Morgan fingerprint density at radius 1 is 1.24 bits per heavy atom. The van der Waals surface area contributed by atoms with E-state index in [9.17, 15) is 14.9 Å². The number of carbonyl (C=O) groups is 2. The Balaban J connectivity index is 1.94. The van der Waals surface area contributed by atoms with Crippen molar-refractivity contribution in [1.82, 2.24) is 9.88 Å². The number of nitriles is 1. The standard InChI is InChI=1S/C23H33N3O3/c1-17-14-19(18(2)26(17)21-10-6-4-7-11-21)15-20(16-24)23(28)25-13-9-5-8-12-22(27)29-3/h14-15,21H,4-13H2,1-3H3,(H,25,28)/b20-15+. The zero-order chi connectivity index (χ0) is 21.2. The van der Waals surface area contributed by atoms with Gasteiger partial charge in [-0.05, 0) is 57.2 Å². The molecule has 1 aromatic rings. The summed E-state index contributed by atoms with van der Waals surface area (Å²) >= 11 is 0. The predicted molar refractivity (Wildman–Crippen MR) is 113 cm³/mol. The van der Waals surface area contributed by atoms with Crippen molar-refractivity contribution in [1.29, 1.82) is 5.26 Å². The number of rotatable bonds is 9. The Labute approximate surface area is 173 Å². The summed E-state index contributed by atoms with van der Waals surface area (Å²) in [6.07, 6.45) is 10.6. The lowest BCUT2D eigenvalue weighted by Gasteiger charge is -2.26. The molecule has 0 spiro atoms. The van der Waals surface area contributed by atoms with Gasteiger partial charge in [-0.15, -0.1) is 0 Å². The number of nitrogens with one attached hydrogen (secondary N) is 1. The number of hydrogen-bond acceptors (Lipinski definition) is 4. The van der Waals surface area contributed by atoms with Crippen LogP contribution >= 0.6 is 0 Å². The van der Waals surface area contributed by atoms with Crippen molar-refractivity contribution in [3.8, 4) is 6.07 Å². The fraction of sp³-hybridized carbons (Fsp3) is 0.609. The van der Waals surface area contributed by atoms with Crippen LogP contribution in [0.3, 0.4) is 0 Å². The van der Waals surface area contributed by atoms with Gasteiger partial charge < -0.3 is 14.6 Å². The van der Waals surface area contributed by atoms with Gasteiger partial charge in [-0.1, -0.05) is 25.7 Å². The van der Waals surface area contributed by atoms with Crippen LogP contribution in [-0.2, 0) is 14.3 Å². The van der Waals surface area contributed by atoms with Crippen molar-refractivity contribution >= 4 is 18.0 Å². The third-order valence-electron chi connectivity index (χ3n) is 5.70. The van der Waals surface area contributed by atoms with Crippen molar-refractivity contribution < 1.29 is 14.3 Å². The number of hydrogen-bond donors (Lipinski definition) is 1. The van der Waals surface area contributed by atoms with Crippen molar-refractivity contribution in [2.75, 3.05) is 13.7 Å². The Bertz CT molecular complexity index is 780. The first kappa shape index (κ1) is 22.7. The number of aryl methyl sites for hydroxylation is 1. The Hall–Kier alpha value is -2.55. The van der Waals surface area contributed by atoms with Crippen LogP contribution in [0.4, 0.5) is 0 Å². The third kappa shape index (κ3) is 6.49. The van der Waals surface area contributed by atoms with Crippen LogP contribution in [0.5, 0.6) is 0 Å². The van der Waals surface area contributed by atoms with Crippen LogP contribution in [0, 0.1) is 25.2 Å². The molecule has 158 valence electrons. The smallest absolute Gasteiger partial charge is 0.305 e. The van der Waals surface area contributed by atoms with Gasteiger partial charge in [-0.3, -0.25) is 9.59 Å². The lowest BCUT2D eigenvalue weighted by molar-refractivity contribution is -0.140. The molecule has 0 atom stereocenters. The van der Waals surface area contributed by atoms with E-state index in [0.717, 1.165) is 30.5 Å². The molecule has 1 fully saturated rings. The summed E-state index contributed by atoms with van der Waals surface area (Å²) in [6.45, 7) is 4.65. The van der Waals surface area contributed by atoms with Crippen LogP contribution in [0.25, 0.3) is 6.08 Å². The zero-order valence-corrected chi connectivity index (χ0v) is 17.9. The van der Waals surface area contributed by atoms with E-state index in [4.69, 9.17) is 0 Å². The predicted octanol–water partition coefficient (Wildman–Crippen LogP) is 4.37. The molecule has 0 unspecified atom stereocenters. The van der Waals surface area contributed by atoms with Gasteiger partial charge in [0.15, 0.2) is 0 Å². The molecule has 0 radical (unpaired) electrons. The third-order valence-corrected chi connectivity index (χ3v) is 5.70. The Morgan fingerprint density at radius 3 is 2.62 bits per heavy atom. The number of carbonyl (C=O) groups excluding carboxylic acids is 2. The van der Waals surface area contributed by atoms with E-state index in [1.165, 1.54) is 44.9 Å². The largest absolute Gasteiger partial charge is 0.469 e. The van der Waals surface area contributed by atoms with E-state index in [2.05, 4.69) is 34.5 Å². The zero-order valence-electron chi connectivity index (χ0n) is 17.9. The van der Waals surface area contributed by atoms with Crippen LogP contribution < -0.4 is 5.32 Å². The average molecular weight is 400 g/mol. The molecular formula is C23H33N3O3. The number of esters is 1. The van der Waals surface area contributed by atoms with Gasteiger partial charge in [0.2, 0.25) is 0 Å². The molecule has 0 bridgehead atoms. The SMILES string of the molecule is COC(=O)CCCCCNC(=O)/C(C#N)=C/c1cc(C)n(C2CCCCC2)c1C. The normalized spacial score (nSPS) is 15.0. The minimum atomic E-state index is -0.345. The molecule has 1 N–H and O–H groups in total. The van der Waals surface area contributed by atoms with Crippen LogP contribution in [0.1, 0.15) is 80.8 Å². The molecule has 1 aliphatic carbocycles. The van der Waals surface area contributed by atoms with E-state index in [1.807, 2.05) is 6.07 Å². The van der Waals surface area contributed by atoms with Gasteiger partial charge in [-0.2, -0.15) is 5.26 Å². The van der Waals surface area contributed by atoms with Crippen LogP contribution in [-0.4, -0.2) is 30.1 Å². The number of methoxy groups -OCH3 is 1. The van der Waals surface area contributed by atoms with E-state index >= 15 is 0 Å². The molecule has 1 aromatic heterocycles. The maximum Gasteiger partial charge on any atom is 0.305 e. The molecule has 29 heavy (non-hydrogen) atoms. The summed E-state index contributed by atoms with van der Waals surface area (Å²) in [6, 6.07) is 4.63. The average Bonchev–Trinajstić information content (AvgIpc) is 3.01. The fourth-order valence-corrected chi connectivity index (χ4v) is 4.12. The molecule has 0 aromatic carbocycles. The molecule has 1 amide bonds. The Morgan fingerprint density at radius 2 is 1.97 bits per heavy atom.